The largest absolute Gasteiger partial charge is 0.354 e. The molecule has 1 saturated heterocycles. The van der Waals surface area contributed by atoms with E-state index in [-0.39, 0.29) is 18.5 Å². The number of hydrogen-bond acceptors (Lipinski definition) is 5. The quantitative estimate of drug-likeness (QED) is 0.315. The molecule has 0 spiro atoms. The molecule has 0 bridgehead atoms. The summed E-state index contributed by atoms with van der Waals surface area (Å²) in [6.07, 6.45) is -0.970. The minimum absolute atomic E-state index is 0.0760. The van der Waals surface area contributed by atoms with Crippen LogP contribution < -0.4 is 4.90 Å². The Hall–Kier alpha value is -2.37. The topological polar surface area (TPSA) is 76.2 Å². The summed E-state index contributed by atoms with van der Waals surface area (Å²) < 4.78 is 24.6. The highest BCUT2D eigenvalue weighted by atomic mass is 127. The lowest BCUT2D eigenvalue weighted by Gasteiger charge is -2.30. The van der Waals surface area contributed by atoms with Gasteiger partial charge in [-0.25, -0.2) is 9.29 Å². The average Bonchev–Trinajstić information content (AvgIpc) is 3.03. The van der Waals surface area contributed by atoms with Crippen LogP contribution in [0, 0.1) is 9.39 Å². The third-order valence-corrected chi connectivity index (χ3v) is 5.53. The van der Waals surface area contributed by atoms with E-state index in [4.69, 9.17) is 9.47 Å². The van der Waals surface area contributed by atoms with Crippen molar-refractivity contribution in [2.75, 3.05) is 25.7 Å². The average molecular weight is 526 g/mol. The first-order chi connectivity index (χ1) is 14.3. The highest BCUT2D eigenvalue weighted by molar-refractivity contribution is 14.1. The zero-order chi connectivity index (χ0) is 21.8. The molecule has 1 heterocycles. The molecule has 1 aliphatic rings. The van der Waals surface area contributed by atoms with Gasteiger partial charge in [0.2, 0.25) is 5.91 Å². The zero-order valence-electron chi connectivity index (χ0n) is 16.4. The molecule has 1 atom stereocenters. The van der Waals surface area contributed by atoms with Crippen LogP contribution in [0.25, 0.3) is 0 Å². The predicted octanol–water partition coefficient (Wildman–Crippen LogP) is 2.82. The highest BCUT2D eigenvalue weighted by Crippen LogP contribution is 2.27. The monoisotopic (exact) mass is 526 g/mol. The summed E-state index contributed by atoms with van der Waals surface area (Å²) in [6.45, 7) is -0.0760. The maximum absolute atomic E-state index is 13.3. The van der Waals surface area contributed by atoms with Crippen molar-refractivity contribution in [2.45, 2.75) is 18.8 Å². The number of hydrogen-bond donors (Lipinski definition) is 0. The van der Waals surface area contributed by atoms with Crippen molar-refractivity contribution < 1.29 is 28.2 Å². The lowest BCUT2D eigenvalue weighted by molar-refractivity contribution is -0.128. The molecule has 2 aromatic carbocycles. The molecular weight excluding hydrogens is 506 g/mol. The van der Waals surface area contributed by atoms with E-state index < -0.39 is 35.9 Å². The second kappa shape index (κ2) is 9.63. The molecule has 0 N–H and O–H groups in total. The van der Waals surface area contributed by atoms with E-state index in [2.05, 4.69) is 22.6 Å². The van der Waals surface area contributed by atoms with Gasteiger partial charge in [-0.05, 0) is 71.1 Å². The summed E-state index contributed by atoms with van der Waals surface area (Å²) in [5, 5.41) is 0. The summed E-state index contributed by atoms with van der Waals surface area (Å²) in [6, 6.07) is 10.9. The molecule has 7 nitrogen and oxygen atoms in total. The molecule has 1 fully saturated rings. The van der Waals surface area contributed by atoms with Crippen molar-refractivity contribution in [2.24, 2.45) is 0 Å². The van der Waals surface area contributed by atoms with Crippen LogP contribution in [0.3, 0.4) is 0 Å². The number of anilines is 1. The van der Waals surface area contributed by atoms with E-state index in [9.17, 15) is 18.8 Å². The second-order valence-corrected chi connectivity index (χ2v) is 7.87. The molecule has 158 valence electrons. The first-order valence-electron chi connectivity index (χ1n) is 9.10. The Morgan fingerprint density at radius 3 is 2.30 bits per heavy atom. The molecule has 0 saturated carbocycles. The van der Waals surface area contributed by atoms with Crippen LogP contribution in [0.15, 0.2) is 48.5 Å². The number of rotatable bonds is 7. The zero-order valence-corrected chi connectivity index (χ0v) is 18.5. The van der Waals surface area contributed by atoms with Gasteiger partial charge in [-0.3, -0.25) is 14.4 Å². The van der Waals surface area contributed by atoms with Gasteiger partial charge in [0, 0.05) is 23.4 Å². The number of methoxy groups -OCH3 is 2. The number of ether oxygens (including phenoxy) is 2. The third kappa shape index (κ3) is 4.68. The SMILES string of the molecule is COC(CN(C(=O)c1ccc(F)cc1)C1CC(=O)N(c2ccc(I)cc2)C1=O)OC. The Morgan fingerprint density at radius 2 is 1.73 bits per heavy atom. The molecule has 0 radical (unpaired) electrons. The van der Waals surface area contributed by atoms with Gasteiger partial charge >= 0.3 is 0 Å². The fourth-order valence-electron chi connectivity index (χ4n) is 3.24. The van der Waals surface area contributed by atoms with E-state index in [1.165, 1.54) is 31.3 Å². The number of benzene rings is 2. The summed E-state index contributed by atoms with van der Waals surface area (Å²) >= 11 is 2.13. The number of imide groups is 1. The lowest BCUT2D eigenvalue weighted by Crippen LogP contribution is -2.49. The van der Waals surface area contributed by atoms with Crippen molar-refractivity contribution >= 4 is 46.0 Å². The molecule has 1 unspecified atom stereocenters. The standard InChI is InChI=1S/C21H20FIN2O5/c1-29-19(30-2)12-24(20(27)13-3-5-14(22)6-4-13)17-11-18(26)25(21(17)28)16-9-7-15(23)8-10-16/h3-10,17,19H,11-12H2,1-2H3. The van der Waals surface area contributed by atoms with Crippen LogP contribution in [0.1, 0.15) is 16.8 Å². The number of carbonyl (C=O) groups excluding carboxylic acids is 3. The lowest BCUT2D eigenvalue weighted by atomic mass is 10.1. The van der Waals surface area contributed by atoms with Gasteiger partial charge in [0.15, 0.2) is 6.29 Å². The fourth-order valence-corrected chi connectivity index (χ4v) is 3.60. The van der Waals surface area contributed by atoms with E-state index in [0.29, 0.717) is 5.69 Å². The van der Waals surface area contributed by atoms with Crippen LogP contribution in [0.5, 0.6) is 0 Å². The maximum Gasteiger partial charge on any atom is 0.257 e. The van der Waals surface area contributed by atoms with Crippen molar-refractivity contribution in [3.63, 3.8) is 0 Å². The molecule has 0 aromatic heterocycles. The van der Waals surface area contributed by atoms with E-state index in [0.717, 1.165) is 20.6 Å². The van der Waals surface area contributed by atoms with Crippen molar-refractivity contribution in [1.29, 1.82) is 0 Å². The first kappa shape index (κ1) is 22.3. The van der Waals surface area contributed by atoms with Crippen LogP contribution in [0.2, 0.25) is 0 Å². The van der Waals surface area contributed by atoms with Crippen LogP contribution in [-0.4, -0.2) is 55.7 Å². The normalized spacial score (nSPS) is 16.4. The van der Waals surface area contributed by atoms with Crippen molar-refractivity contribution in [3.05, 3.63) is 63.5 Å². The van der Waals surface area contributed by atoms with Gasteiger partial charge in [0.05, 0.1) is 18.7 Å². The van der Waals surface area contributed by atoms with Gasteiger partial charge in [-0.2, -0.15) is 0 Å². The number of amides is 3. The minimum atomic E-state index is -1.03. The van der Waals surface area contributed by atoms with Gasteiger partial charge in [-0.1, -0.05) is 0 Å². The Labute approximate surface area is 186 Å². The van der Waals surface area contributed by atoms with Gasteiger partial charge < -0.3 is 14.4 Å². The van der Waals surface area contributed by atoms with Gasteiger partial charge in [-0.15, -0.1) is 0 Å². The minimum Gasteiger partial charge on any atom is -0.354 e. The molecule has 0 aliphatic carbocycles. The Balaban J connectivity index is 1.93. The van der Waals surface area contributed by atoms with Crippen LogP contribution in [-0.2, 0) is 19.1 Å². The molecule has 3 rings (SSSR count). The summed E-state index contributed by atoms with van der Waals surface area (Å²) in [7, 11) is 2.82. The summed E-state index contributed by atoms with van der Waals surface area (Å²) in [5.41, 5.74) is 0.632. The van der Waals surface area contributed by atoms with E-state index in [1.54, 1.807) is 24.3 Å². The molecule has 3 amide bonds. The number of nitrogens with zero attached hydrogens (tertiary/aromatic N) is 2. The van der Waals surface area contributed by atoms with Gasteiger partial charge in [0.25, 0.3) is 11.8 Å². The molecule has 1 aliphatic heterocycles. The highest BCUT2D eigenvalue weighted by Gasteiger charge is 2.45. The van der Waals surface area contributed by atoms with Gasteiger partial charge in [0.1, 0.15) is 11.9 Å². The Kier molecular flexibility index (Phi) is 7.16. The maximum atomic E-state index is 13.3. The molecular formula is C21H20FIN2O5. The molecule has 2 aromatic rings. The van der Waals surface area contributed by atoms with Crippen molar-refractivity contribution in [1.82, 2.24) is 4.90 Å². The Bertz CT molecular complexity index is 931. The number of halogens is 2. The summed E-state index contributed by atoms with van der Waals surface area (Å²) in [4.78, 5) is 41.3. The van der Waals surface area contributed by atoms with Crippen molar-refractivity contribution in [3.8, 4) is 0 Å². The van der Waals surface area contributed by atoms with Crippen LogP contribution in [0.4, 0.5) is 10.1 Å². The smallest absolute Gasteiger partial charge is 0.257 e. The summed E-state index contributed by atoms with van der Waals surface area (Å²) in [5.74, 6) is -1.93. The molecule has 9 heteroatoms. The van der Waals surface area contributed by atoms with E-state index in [1.807, 2.05) is 0 Å². The Morgan fingerprint density at radius 1 is 1.13 bits per heavy atom. The second-order valence-electron chi connectivity index (χ2n) is 6.63. The fraction of sp³-hybridized carbons (Fsp3) is 0.286. The third-order valence-electron chi connectivity index (χ3n) is 4.81. The van der Waals surface area contributed by atoms with E-state index >= 15 is 0 Å². The number of carbonyl (C=O) groups is 3. The molecule has 30 heavy (non-hydrogen) atoms. The first-order valence-corrected chi connectivity index (χ1v) is 10.2. The predicted molar refractivity (Wildman–Crippen MR) is 115 cm³/mol. The van der Waals surface area contributed by atoms with Crippen LogP contribution >= 0.6 is 22.6 Å².